The zero-order valence-electron chi connectivity index (χ0n) is 14.7. The second-order valence-electron chi connectivity index (χ2n) is 5.93. The summed E-state index contributed by atoms with van der Waals surface area (Å²) in [5, 5.41) is 5.02. The summed E-state index contributed by atoms with van der Waals surface area (Å²) in [7, 11) is 1.72. The molecule has 1 aromatic heterocycles. The molecule has 1 heterocycles. The summed E-state index contributed by atoms with van der Waals surface area (Å²) in [6.07, 6.45) is 0. The van der Waals surface area contributed by atoms with Crippen LogP contribution >= 0.6 is 35.0 Å². The zero-order chi connectivity index (χ0) is 19.4. The van der Waals surface area contributed by atoms with Gasteiger partial charge in [-0.3, -0.25) is 4.79 Å². The van der Waals surface area contributed by atoms with E-state index in [9.17, 15) is 4.79 Å². The minimum absolute atomic E-state index is 0.0267. The predicted molar refractivity (Wildman–Crippen MR) is 108 cm³/mol. The number of hydrogen-bond donors (Lipinski definition) is 0. The Kier molecular flexibility index (Phi) is 6.42. The summed E-state index contributed by atoms with van der Waals surface area (Å²) in [5.41, 5.74) is 0.801. The average molecular weight is 422 g/mol. The van der Waals surface area contributed by atoms with Gasteiger partial charge in [0, 0.05) is 27.6 Å². The molecule has 0 aliphatic rings. The summed E-state index contributed by atoms with van der Waals surface area (Å²) in [6.45, 7) is 2.11. The molecule has 0 N–H and O–H groups in total. The SMILES string of the molecule is C[C@H](Sc1ccc(Cl)cc1)C(=O)N(C)Cc1nc(-c2ccc(Cl)cc2)no1. The van der Waals surface area contributed by atoms with Crippen LogP contribution in [0.15, 0.2) is 57.9 Å². The van der Waals surface area contributed by atoms with Gasteiger partial charge in [-0.15, -0.1) is 11.8 Å². The summed E-state index contributed by atoms with van der Waals surface area (Å²) < 4.78 is 5.27. The quantitative estimate of drug-likeness (QED) is 0.512. The minimum atomic E-state index is -0.255. The van der Waals surface area contributed by atoms with Crippen molar-refractivity contribution < 1.29 is 9.32 Å². The highest BCUT2D eigenvalue weighted by Crippen LogP contribution is 2.26. The lowest BCUT2D eigenvalue weighted by Crippen LogP contribution is -2.32. The van der Waals surface area contributed by atoms with Gasteiger partial charge in [-0.2, -0.15) is 4.98 Å². The van der Waals surface area contributed by atoms with Gasteiger partial charge in [0.05, 0.1) is 11.8 Å². The van der Waals surface area contributed by atoms with E-state index >= 15 is 0 Å². The third-order valence-electron chi connectivity index (χ3n) is 3.79. The number of amides is 1. The molecular weight excluding hydrogens is 405 g/mol. The third kappa shape index (κ3) is 5.25. The van der Waals surface area contributed by atoms with E-state index in [-0.39, 0.29) is 17.7 Å². The Labute approximate surface area is 171 Å². The number of nitrogens with zero attached hydrogens (tertiary/aromatic N) is 3. The smallest absolute Gasteiger partial charge is 0.246 e. The Balaban J connectivity index is 1.60. The zero-order valence-corrected chi connectivity index (χ0v) is 17.1. The molecule has 1 amide bonds. The lowest BCUT2D eigenvalue weighted by molar-refractivity contribution is -0.129. The van der Waals surface area contributed by atoms with Gasteiger partial charge in [-0.25, -0.2) is 0 Å². The van der Waals surface area contributed by atoms with Crippen LogP contribution < -0.4 is 0 Å². The number of hydrogen-bond acceptors (Lipinski definition) is 5. The van der Waals surface area contributed by atoms with Crippen molar-refractivity contribution in [2.24, 2.45) is 0 Å². The van der Waals surface area contributed by atoms with Gasteiger partial charge in [0.15, 0.2) is 0 Å². The Hall–Kier alpha value is -2.02. The van der Waals surface area contributed by atoms with Crippen LogP contribution in [0.2, 0.25) is 10.0 Å². The summed E-state index contributed by atoms with van der Waals surface area (Å²) in [5.74, 6) is 0.812. The number of benzene rings is 2. The number of rotatable bonds is 6. The second kappa shape index (κ2) is 8.78. The Morgan fingerprint density at radius 1 is 1.11 bits per heavy atom. The molecular formula is C19H17Cl2N3O2S. The maximum atomic E-state index is 12.6. The first-order valence-electron chi connectivity index (χ1n) is 8.18. The van der Waals surface area contributed by atoms with E-state index in [2.05, 4.69) is 10.1 Å². The summed E-state index contributed by atoms with van der Waals surface area (Å²) >= 11 is 13.3. The standard InChI is InChI=1S/C19H17Cl2N3O2S/c1-12(27-16-9-7-15(21)8-10-16)19(25)24(2)11-17-22-18(23-26-17)13-3-5-14(20)6-4-13/h3-10,12H,11H2,1-2H3/t12-/m0/s1. The maximum Gasteiger partial charge on any atom is 0.246 e. The fourth-order valence-corrected chi connectivity index (χ4v) is 3.63. The molecule has 27 heavy (non-hydrogen) atoms. The van der Waals surface area contributed by atoms with Crippen molar-refractivity contribution in [2.75, 3.05) is 7.05 Å². The fourth-order valence-electron chi connectivity index (χ4n) is 2.39. The molecule has 0 saturated carbocycles. The van der Waals surface area contributed by atoms with E-state index in [0.29, 0.717) is 21.8 Å². The number of carbonyl (C=O) groups excluding carboxylic acids is 1. The molecule has 0 bridgehead atoms. The minimum Gasteiger partial charge on any atom is -0.337 e. The van der Waals surface area contributed by atoms with Crippen molar-refractivity contribution >= 4 is 40.9 Å². The van der Waals surface area contributed by atoms with E-state index in [1.165, 1.54) is 11.8 Å². The molecule has 3 rings (SSSR count). The van der Waals surface area contributed by atoms with E-state index in [1.807, 2.05) is 43.3 Å². The largest absolute Gasteiger partial charge is 0.337 e. The number of thioether (sulfide) groups is 1. The molecule has 0 fully saturated rings. The van der Waals surface area contributed by atoms with Crippen molar-refractivity contribution in [2.45, 2.75) is 23.6 Å². The topological polar surface area (TPSA) is 59.2 Å². The first-order chi connectivity index (χ1) is 12.9. The van der Waals surface area contributed by atoms with E-state index in [0.717, 1.165) is 10.5 Å². The predicted octanol–water partition coefficient (Wildman–Crippen LogP) is 5.18. The van der Waals surface area contributed by atoms with Crippen LogP contribution in [-0.2, 0) is 11.3 Å². The first kappa shape index (κ1) is 19.7. The van der Waals surface area contributed by atoms with Gasteiger partial charge in [0.1, 0.15) is 0 Å². The van der Waals surface area contributed by atoms with Crippen molar-refractivity contribution in [1.82, 2.24) is 15.0 Å². The molecule has 0 unspecified atom stereocenters. The summed E-state index contributed by atoms with van der Waals surface area (Å²) in [6, 6.07) is 14.6. The molecule has 0 radical (unpaired) electrons. The molecule has 5 nitrogen and oxygen atoms in total. The highest BCUT2D eigenvalue weighted by Gasteiger charge is 2.21. The van der Waals surface area contributed by atoms with E-state index in [4.69, 9.17) is 27.7 Å². The molecule has 0 aliphatic heterocycles. The molecule has 0 aliphatic carbocycles. The van der Waals surface area contributed by atoms with Gasteiger partial charge in [-0.05, 0) is 55.5 Å². The highest BCUT2D eigenvalue weighted by molar-refractivity contribution is 8.00. The Morgan fingerprint density at radius 2 is 1.70 bits per heavy atom. The van der Waals surface area contributed by atoms with E-state index in [1.54, 1.807) is 24.1 Å². The maximum absolute atomic E-state index is 12.6. The Morgan fingerprint density at radius 3 is 2.33 bits per heavy atom. The molecule has 0 spiro atoms. The second-order valence-corrected chi connectivity index (χ2v) is 8.21. The first-order valence-corrected chi connectivity index (χ1v) is 9.81. The van der Waals surface area contributed by atoms with Crippen molar-refractivity contribution in [1.29, 1.82) is 0 Å². The number of halogens is 2. The fraction of sp³-hybridized carbons (Fsp3) is 0.211. The normalized spacial score (nSPS) is 12.0. The molecule has 8 heteroatoms. The number of aromatic nitrogens is 2. The average Bonchev–Trinajstić information content (AvgIpc) is 3.12. The molecule has 2 aromatic carbocycles. The van der Waals surface area contributed by atoms with Gasteiger partial charge < -0.3 is 9.42 Å². The highest BCUT2D eigenvalue weighted by atomic mass is 35.5. The van der Waals surface area contributed by atoms with Crippen molar-refractivity contribution in [3.8, 4) is 11.4 Å². The lowest BCUT2D eigenvalue weighted by Gasteiger charge is -2.19. The van der Waals surface area contributed by atoms with Gasteiger partial charge in [0.2, 0.25) is 17.6 Å². The molecule has 3 aromatic rings. The monoisotopic (exact) mass is 421 g/mol. The van der Waals surface area contributed by atoms with Crippen LogP contribution in [0.3, 0.4) is 0 Å². The van der Waals surface area contributed by atoms with Crippen LogP contribution in [0.25, 0.3) is 11.4 Å². The van der Waals surface area contributed by atoms with Crippen LogP contribution in [-0.4, -0.2) is 33.2 Å². The Bertz CT molecular complexity index is 913. The van der Waals surface area contributed by atoms with Crippen LogP contribution in [0.5, 0.6) is 0 Å². The van der Waals surface area contributed by atoms with E-state index < -0.39 is 0 Å². The van der Waals surface area contributed by atoms with Crippen LogP contribution in [0.1, 0.15) is 12.8 Å². The lowest BCUT2D eigenvalue weighted by atomic mass is 10.2. The molecule has 0 saturated heterocycles. The van der Waals surface area contributed by atoms with Gasteiger partial charge in [-0.1, -0.05) is 28.4 Å². The van der Waals surface area contributed by atoms with Crippen LogP contribution in [0.4, 0.5) is 0 Å². The van der Waals surface area contributed by atoms with Gasteiger partial charge >= 0.3 is 0 Å². The van der Waals surface area contributed by atoms with Crippen LogP contribution in [0, 0.1) is 0 Å². The van der Waals surface area contributed by atoms with Crippen molar-refractivity contribution in [3.05, 3.63) is 64.5 Å². The van der Waals surface area contributed by atoms with Crippen molar-refractivity contribution in [3.63, 3.8) is 0 Å². The van der Waals surface area contributed by atoms with Gasteiger partial charge in [0.25, 0.3) is 0 Å². The molecule has 140 valence electrons. The summed E-state index contributed by atoms with van der Waals surface area (Å²) in [4.78, 5) is 19.5. The third-order valence-corrected chi connectivity index (χ3v) is 5.40. The number of carbonyl (C=O) groups is 1. The molecule has 1 atom stereocenters.